The van der Waals surface area contributed by atoms with Crippen LogP contribution in [0.1, 0.15) is 50.7 Å². The average Bonchev–Trinajstić information content (AvgIpc) is 2.45. The third kappa shape index (κ3) is 3.76. The fourth-order valence-corrected chi connectivity index (χ4v) is 2.98. The maximum absolute atomic E-state index is 13.5. The first-order valence-electron chi connectivity index (χ1n) is 7.47. The van der Waals surface area contributed by atoms with Crippen LogP contribution in [0.15, 0.2) is 18.2 Å². The van der Waals surface area contributed by atoms with E-state index in [-0.39, 0.29) is 12.1 Å². The molecule has 1 atom stereocenters. The van der Waals surface area contributed by atoms with Gasteiger partial charge in [-0.1, -0.05) is 19.4 Å². The molecule has 1 aromatic rings. The average molecular weight is 283 g/mol. The standard InChI is InChI=1S/C16H23F2NO/c1-2-11-6-8-12(9-7-11)19-10-15(20)16-13(17)4-3-5-14(16)18/h3-5,11-12,15,19-20H,2,6-10H2,1H3. The van der Waals surface area contributed by atoms with Crippen molar-refractivity contribution in [1.29, 1.82) is 0 Å². The summed E-state index contributed by atoms with van der Waals surface area (Å²) in [6.07, 6.45) is 4.61. The van der Waals surface area contributed by atoms with Crippen LogP contribution < -0.4 is 5.32 Å². The molecule has 20 heavy (non-hydrogen) atoms. The van der Waals surface area contributed by atoms with Crippen molar-refractivity contribution < 1.29 is 13.9 Å². The molecule has 112 valence electrons. The molecule has 0 heterocycles. The normalized spacial score (nSPS) is 24.6. The summed E-state index contributed by atoms with van der Waals surface area (Å²) < 4.78 is 27.1. The van der Waals surface area contributed by atoms with Crippen LogP contribution >= 0.6 is 0 Å². The fourth-order valence-electron chi connectivity index (χ4n) is 2.98. The van der Waals surface area contributed by atoms with Crippen molar-refractivity contribution in [2.45, 2.75) is 51.2 Å². The van der Waals surface area contributed by atoms with Crippen LogP contribution in [-0.2, 0) is 0 Å². The maximum atomic E-state index is 13.5. The minimum absolute atomic E-state index is 0.194. The lowest BCUT2D eigenvalue weighted by atomic mass is 9.84. The number of aliphatic hydroxyl groups excluding tert-OH is 1. The number of halogens is 2. The van der Waals surface area contributed by atoms with E-state index in [4.69, 9.17) is 0 Å². The predicted octanol–water partition coefficient (Wildman–Crippen LogP) is 3.56. The second kappa shape index (κ2) is 7.14. The van der Waals surface area contributed by atoms with Gasteiger partial charge in [-0.3, -0.25) is 0 Å². The van der Waals surface area contributed by atoms with Crippen LogP contribution in [-0.4, -0.2) is 17.7 Å². The maximum Gasteiger partial charge on any atom is 0.131 e. The Balaban J connectivity index is 1.85. The smallest absolute Gasteiger partial charge is 0.131 e. The molecule has 0 aromatic heterocycles. The summed E-state index contributed by atoms with van der Waals surface area (Å²) in [6, 6.07) is 4.00. The Hall–Kier alpha value is -1.00. The van der Waals surface area contributed by atoms with Gasteiger partial charge in [-0.15, -0.1) is 0 Å². The molecule has 1 aliphatic rings. The highest BCUT2D eigenvalue weighted by atomic mass is 19.1. The number of nitrogens with one attached hydrogen (secondary N) is 1. The van der Waals surface area contributed by atoms with E-state index in [0.29, 0.717) is 6.04 Å². The van der Waals surface area contributed by atoms with Crippen LogP contribution in [0, 0.1) is 17.6 Å². The summed E-state index contributed by atoms with van der Waals surface area (Å²) in [6.45, 7) is 2.41. The number of hydrogen-bond donors (Lipinski definition) is 2. The Labute approximate surface area is 119 Å². The third-order valence-corrected chi connectivity index (χ3v) is 4.36. The summed E-state index contributed by atoms with van der Waals surface area (Å²) in [5, 5.41) is 13.2. The lowest BCUT2D eigenvalue weighted by Crippen LogP contribution is -2.36. The molecule has 0 amide bonds. The number of aliphatic hydroxyl groups is 1. The van der Waals surface area contributed by atoms with Crippen molar-refractivity contribution in [2.75, 3.05) is 6.54 Å². The Morgan fingerprint density at radius 2 is 1.80 bits per heavy atom. The molecule has 0 saturated heterocycles. The van der Waals surface area contributed by atoms with E-state index in [0.717, 1.165) is 18.8 Å². The molecule has 0 radical (unpaired) electrons. The lowest BCUT2D eigenvalue weighted by molar-refractivity contribution is 0.153. The van der Waals surface area contributed by atoms with Gasteiger partial charge in [0.1, 0.15) is 11.6 Å². The van der Waals surface area contributed by atoms with Gasteiger partial charge in [0.15, 0.2) is 0 Å². The summed E-state index contributed by atoms with van der Waals surface area (Å²) in [5.41, 5.74) is -0.234. The minimum Gasteiger partial charge on any atom is -0.387 e. The summed E-state index contributed by atoms with van der Waals surface area (Å²) in [5.74, 6) is -0.565. The van der Waals surface area contributed by atoms with E-state index in [9.17, 15) is 13.9 Å². The quantitative estimate of drug-likeness (QED) is 0.866. The molecule has 1 unspecified atom stereocenters. The molecule has 1 aromatic carbocycles. The molecular weight excluding hydrogens is 260 g/mol. The largest absolute Gasteiger partial charge is 0.387 e. The molecule has 0 aliphatic heterocycles. The van der Waals surface area contributed by atoms with Crippen LogP contribution in [0.3, 0.4) is 0 Å². The van der Waals surface area contributed by atoms with Gasteiger partial charge in [-0.05, 0) is 43.7 Å². The molecule has 1 saturated carbocycles. The Bertz CT molecular complexity index is 410. The van der Waals surface area contributed by atoms with Crippen LogP contribution in [0.25, 0.3) is 0 Å². The van der Waals surface area contributed by atoms with E-state index in [1.165, 1.54) is 37.5 Å². The number of hydrogen-bond acceptors (Lipinski definition) is 2. The van der Waals surface area contributed by atoms with Gasteiger partial charge in [0.25, 0.3) is 0 Å². The lowest BCUT2D eigenvalue weighted by Gasteiger charge is -2.29. The highest BCUT2D eigenvalue weighted by Gasteiger charge is 2.22. The van der Waals surface area contributed by atoms with E-state index in [1.807, 2.05) is 0 Å². The van der Waals surface area contributed by atoms with Gasteiger partial charge in [0.2, 0.25) is 0 Å². The molecule has 4 heteroatoms. The first-order valence-corrected chi connectivity index (χ1v) is 7.47. The van der Waals surface area contributed by atoms with Gasteiger partial charge in [-0.2, -0.15) is 0 Å². The monoisotopic (exact) mass is 283 g/mol. The van der Waals surface area contributed by atoms with Crippen molar-refractivity contribution in [3.63, 3.8) is 0 Å². The number of rotatable bonds is 5. The molecule has 1 fully saturated rings. The summed E-state index contributed by atoms with van der Waals surface area (Å²) in [7, 11) is 0. The number of benzene rings is 1. The zero-order chi connectivity index (χ0) is 14.5. The Morgan fingerprint density at radius 3 is 2.35 bits per heavy atom. The molecule has 1 aliphatic carbocycles. The highest BCUT2D eigenvalue weighted by Crippen LogP contribution is 2.27. The van der Waals surface area contributed by atoms with Gasteiger partial charge in [-0.25, -0.2) is 8.78 Å². The summed E-state index contributed by atoms with van der Waals surface area (Å²) in [4.78, 5) is 0. The molecule has 2 nitrogen and oxygen atoms in total. The van der Waals surface area contributed by atoms with Gasteiger partial charge in [0, 0.05) is 12.6 Å². The van der Waals surface area contributed by atoms with Gasteiger partial charge < -0.3 is 10.4 Å². The minimum atomic E-state index is -1.14. The van der Waals surface area contributed by atoms with E-state index in [1.54, 1.807) is 0 Å². The first kappa shape index (κ1) is 15.4. The van der Waals surface area contributed by atoms with E-state index < -0.39 is 17.7 Å². The SMILES string of the molecule is CCC1CCC(NCC(O)c2c(F)cccc2F)CC1. The predicted molar refractivity (Wildman–Crippen MR) is 75.4 cm³/mol. The molecule has 0 bridgehead atoms. The summed E-state index contributed by atoms with van der Waals surface area (Å²) >= 11 is 0. The topological polar surface area (TPSA) is 32.3 Å². The van der Waals surface area contributed by atoms with Crippen molar-refractivity contribution in [1.82, 2.24) is 5.32 Å². The Morgan fingerprint density at radius 1 is 1.20 bits per heavy atom. The van der Waals surface area contributed by atoms with Crippen molar-refractivity contribution in [3.05, 3.63) is 35.4 Å². The van der Waals surface area contributed by atoms with Crippen LogP contribution in [0.5, 0.6) is 0 Å². The van der Waals surface area contributed by atoms with E-state index >= 15 is 0 Å². The van der Waals surface area contributed by atoms with Crippen molar-refractivity contribution >= 4 is 0 Å². The van der Waals surface area contributed by atoms with Crippen LogP contribution in [0.2, 0.25) is 0 Å². The molecular formula is C16H23F2NO. The zero-order valence-corrected chi connectivity index (χ0v) is 11.9. The van der Waals surface area contributed by atoms with Gasteiger partial charge in [0.05, 0.1) is 11.7 Å². The molecule has 2 N–H and O–H groups in total. The van der Waals surface area contributed by atoms with Crippen molar-refractivity contribution in [2.24, 2.45) is 5.92 Å². The second-order valence-corrected chi connectivity index (χ2v) is 5.69. The molecule has 0 spiro atoms. The fraction of sp³-hybridized carbons (Fsp3) is 0.625. The third-order valence-electron chi connectivity index (χ3n) is 4.36. The van der Waals surface area contributed by atoms with E-state index in [2.05, 4.69) is 12.2 Å². The van der Waals surface area contributed by atoms with Gasteiger partial charge >= 0.3 is 0 Å². The first-order chi connectivity index (χ1) is 9.61. The molecule has 2 rings (SSSR count). The Kier molecular flexibility index (Phi) is 5.49. The van der Waals surface area contributed by atoms with Crippen LogP contribution in [0.4, 0.5) is 8.78 Å². The zero-order valence-electron chi connectivity index (χ0n) is 11.9. The van der Waals surface area contributed by atoms with Crippen molar-refractivity contribution in [3.8, 4) is 0 Å². The second-order valence-electron chi connectivity index (χ2n) is 5.69. The highest BCUT2D eigenvalue weighted by molar-refractivity contribution is 5.22.